The van der Waals surface area contributed by atoms with E-state index < -0.39 is 10.0 Å². The molecule has 21 heavy (non-hydrogen) atoms. The molecule has 0 aromatic heterocycles. The van der Waals surface area contributed by atoms with Crippen LogP contribution in [0.5, 0.6) is 0 Å². The Balaban J connectivity index is 1.61. The summed E-state index contributed by atoms with van der Waals surface area (Å²) in [4.78, 5) is 0.129. The van der Waals surface area contributed by atoms with E-state index in [0.717, 1.165) is 11.8 Å². The van der Waals surface area contributed by atoms with Crippen molar-refractivity contribution in [1.29, 1.82) is 0 Å². The van der Waals surface area contributed by atoms with Crippen molar-refractivity contribution >= 4 is 43.2 Å². The van der Waals surface area contributed by atoms with Gasteiger partial charge in [0.2, 0.25) is 10.0 Å². The maximum atomic E-state index is 12.6. The number of nitrogen functional groups attached to an aromatic ring is 1. The second-order valence-corrected chi connectivity index (χ2v) is 9.35. The van der Waals surface area contributed by atoms with Crippen LogP contribution in [0.3, 0.4) is 0 Å². The Hall–Kier alpha value is -0.300. The van der Waals surface area contributed by atoms with Gasteiger partial charge in [-0.25, -0.2) is 13.1 Å². The van der Waals surface area contributed by atoms with Crippen LogP contribution in [0.25, 0.3) is 0 Å². The summed E-state index contributed by atoms with van der Waals surface area (Å²) < 4.78 is 28.5. The van der Waals surface area contributed by atoms with Gasteiger partial charge in [0.25, 0.3) is 0 Å². The van der Waals surface area contributed by atoms with Gasteiger partial charge >= 0.3 is 0 Å². The third-order valence-corrected chi connectivity index (χ3v) is 8.20. The first kappa shape index (κ1) is 14.3. The molecule has 4 nitrogen and oxygen atoms in total. The minimum Gasteiger partial charge on any atom is -0.398 e. The molecule has 0 spiro atoms. The number of sulfonamides is 1. The van der Waals surface area contributed by atoms with Gasteiger partial charge in [0.15, 0.2) is 0 Å². The zero-order valence-electron chi connectivity index (χ0n) is 11.2. The summed E-state index contributed by atoms with van der Waals surface area (Å²) in [7, 11) is -3.60. The Labute approximate surface area is 137 Å². The molecule has 0 aliphatic heterocycles. The quantitative estimate of drug-likeness (QED) is 0.778. The van der Waals surface area contributed by atoms with Crippen LogP contribution in [0, 0.1) is 23.7 Å². The van der Waals surface area contributed by atoms with Crippen molar-refractivity contribution in [2.45, 2.75) is 30.2 Å². The summed E-state index contributed by atoms with van der Waals surface area (Å²) in [6, 6.07) is 3.08. The molecule has 7 heteroatoms. The number of nitrogens with two attached hydrogens (primary N) is 1. The Morgan fingerprint density at radius 3 is 2.48 bits per heavy atom. The Kier molecular flexibility index (Phi) is 3.13. The van der Waals surface area contributed by atoms with Crippen LogP contribution >= 0.6 is 27.5 Å². The Bertz CT molecular complexity index is 708. The first-order chi connectivity index (χ1) is 9.88. The highest BCUT2D eigenvalue weighted by molar-refractivity contribution is 9.10. The van der Waals surface area contributed by atoms with Crippen molar-refractivity contribution < 1.29 is 8.42 Å². The zero-order valence-corrected chi connectivity index (χ0v) is 14.4. The Morgan fingerprint density at radius 1 is 1.24 bits per heavy atom. The molecule has 4 rings (SSSR count). The van der Waals surface area contributed by atoms with Gasteiger partial charge in [-0.1, -0.05) is 11.6 Å². The molecule has 114 valence electrons. The van der Waals surface area contributed by atoms with Crippen molar-refractivity contribution in [3.8, 4) is 0 Å². The molecule has 1 aromatic rings. The van der Waals surface area contributed by atoms with E-state index in [1.807, 2.05) is 0 Å². The first-order valence-electron chi connectivity index (χ1n) is 7.15. The molecule has 2 bridgehead atoms. The molecular formula is C14H16BrClN2O2S. The van der Waals surface area contributed by atoms with Crippen molar-refractivity contribution in [3.05, 3.63) is 21.6 Å². The molecule has 3 fully saturated rings. The number of anilines is 1. The van der Waals surface area contributed by atoms with Gasteiger partial charge in [0, 0.05) is 16.8 Å². The van der Waals surface area contributed by atoms with E-state index in [-0.39, 0.29) is 10.9 Å². The topological polar surface area (TPSA) is 72.2 Å². The van der Waals surface area contributed by atoms with E-state index in [4.69, 9.17) is 17.3 Å². The monoisotopic (exact) mass is 390 g/mol. The second-order valence-electron chi connectivity index (χ2n) is 6.44. The van der Waals surface area contributed by atoms with E-state index >= 15 is 0 Å². The van der Waals surface area contributed by atoms with Gasteiger partial charge in [-0.05, 0) is 71.0 Å². The van der Waals surface area contributed by atoms with E-state index in [9.17, 15) is 8.42 Å². The molecule has 3 saturated carbocycles. The predicted octanol–water partition coefficient (Wildman–Crippen LogP) is 3.01. The molecule has 3 aliphatic rings. The number of rotatable bonds is 3. The van der Waals surface area contributed by atoms with Crippen molar-refractivity contribution in [1.82, 2.24) is 4.72 Å². The minimum atomic E-state index is -3.60. The fourth-order valence-corrected chi connectivity index (χ4v) is 7.10. The highest BCUT2D eigenvalue weighted by Gasteiger charge is 2.65. The van der Waals surface area contributed by atoms with Crippen LogP contribution < -0.4 is 10.5 Å². The Morgan fingerprint density at radius 2 is 1.86 bits per heavy atom. The van der Waals surface area contributed by atoms with Gasteiger partial charge in [0.1, 0.15) is 0 Å². The molecule has 4 atom stereocenters. The predicted molar refractivity (Wildman–Crippen MR) is 85.5 cm³/mol. The zero-order chi connectivity index (χ0) is 14.9. The number of hydrogen-bond donors (Lipinski definition) is 2. The number of benzene rings is 1. The van der Waals surface area contributed by atoms with Gasteiger partial charge in [0.05, 0.1) is 9.37 Å². The summed E-state index contributed by atoms with van der Waals surface area (Å²) in [6.07, 6.45) is 3.82. The summed E-state index contributed by atoms with van der Waals surface area (Å²) in [6.45, 7) is 0. The van der Waals surface area contributed by atoms with Gasteiger partial charge in [-0.3, -0.25) is 0 Å². The molecule has 0 saturated heterocycles. The van der Waals surface area contributed by atoms with Gasteiger partial charge < -0.3 is 5.73 Å². The molecular weight excluding hydrogens is 376 g/mol. The molecule has 0 heterocycles. The summed E-state index contributed by atoms with van der Waals surface area (Å²) in [5, 5.41) is 0.326. The van der Waals surface area contributed by atoms with Crippen molar-refractivity contribution in [2.75, 3.05) is 5.73 Å². The van der Waals surface area contributed by atoms with Gasteiger partial charge in [-0.15, -0.1) is 0 Å². The van der Waals surface area contributed by atoms with E-state index in [1.165, 1.54) is 31.4 Å². The fourth-order valence-electron chi connectivity index (χ4n) is 4.51. The third-order valence-electron chi connectivity index (χ3n) is 5.35. The second kappa shape index (κ2) is 4.60. The maximum absolute atomic E-state index is 12.6. The third kappa shape index (κ3) is 2.14. The lowest BCUT2D eigenvalue weighted by Gasteiger charge is -2.13. The fraction of sp³-hybridized carbons (Fsp3) is 0.571. The standard InChI is InChI=1S/C14H16BrClN2O2S/c15-13-9(17)4-8(16)5-10(13)21(19,20)18-14-11-6-1-2-7(3-6)12(11)14/h4-7,11-12,14,18H,1-3,17H2. The lowest BCUT2D eigenvalue weighted by molar-refractivity contribution is 0.456. The van der Waals surface area contributed by atoms with Crippen LogP contribution in [-0.2, 0) is 10.0 Å². The first-order valence-corrected chi connectivity index (χ1v) is 9.81. The minimum absolute atomic E-state index is 0.105. The average molecular weight is 392 g/mol. The largest absolute Gasteiger partial charge is 0.398 e. The van der Waals surface area contributed by atoms with Crippen LogP contribution in [-0.4, -0.2) is 14.5 Å². The van der Waals surface area contributed by atoms with Gasteiger partial charge in [-0.2, -0.15) is 0 Å². The van der Waals surface area contributed by atoms with Crippen LogP contribution in [0.15, 0.2) is 21.5 Å². The molecule has 0 radical (unpaired) electrons. The van der Waals surface area contributed by atoms with Crippen LogP contribution in [0.4, 0.5) is 5.69 Å². The maximum Gasteiger partial charge on any atom is 0.242 e. The molecule has 1 aromatic carbocycles. The molecule has 3 aliphatic carbocycles. The lowest BCUT2D eigenvalue weighted by Crippen LogP contribution is -2.30. The smallest absolute Gasteiger partial charge is 0.242 e. The number of halogens is 2. The highest BCUT2D eigenvalue weighted by atomic mass is 79.9. The lowest BCUT2D eigenvalue weighted by atomic mass is 10.0. The highest BCUT2D eigenvalue weighted by Crippen LogP contribution is 2.65. The summed E-state index contributed by atoms with van der Waals surface area (Å²) >= 11 is 9.19. The summed E-state index contributed by atoms with van der Waals surface area (Å²) in [5.74, 6) is 2.55. The van der Waals surface area contributed by atoms with E-state index in [0.29, 0.717) is 27.0 Å². The van der Waals surface area contributed by atoms with Crippen LogP contribution in [0.1, 0.15) is 19.3 Å². The van der Waals surface area contributed by atoms with Crippen LogP contribution in [0.2, 0.25) is 5.02 Å². The van der Waals surface area contributed by atoms with E-state index in [1.54, 1.807) is 0 Å². The molecule has 4 unspecified atom stereocenters. The number of hydrogen-bond acceptors (Lipinski definition) is 3. The molecule has 3 N–H and O–H groups in total. The number of nitrogens with one attached hydrogen (secondary N) is 1. The normalized spacial score (nSPS) is 36.8. The SMILES string of the molecule is Nc1cc(Cl)cc(S(=O)(=O)NC2C3C4CCC(C4)C23)c1Br. The molecule has 0 amide bonds. The summed E-state index contributed by atoms with van der Waals surface area (Å²) in [5.41, 5.74) is 6.12. The van der Waals surface area contributed by atoms with E-state index in [2.05, 4.69) is 20.7 Å². The average Bonchev–Trinajstić information content (AvgIpc) is 2.82. The van der Waals surface area contributed by atoms with Crippen molar-refractivity contribution in [2.24, 2.45) is 23.7 Å². The van der Waals surface area contributed by atoms with Crippen molar-refractivity contribution in [3.63, 3.8) is 0 Å². The number of fused-ring (bicyclic) bond motifs is 5.